The fourth-order valence-electron chi connectivity index (χ4n) is 0.809. The molecule has 0 fully saturated rings. The Hall–Kier alpha value is 0.782. The molecule has 0 aliphatic carbocycles. The second-order valence-corrected chi connectivity index (χ2v) is 2.29. The number of aliphatic hydroxyl groups is 3. The zero-order valence-corrected chi connectivity index (χ0v) is 13.2. The number of cyclic esters (lactones) is 1. The molecule has 1 rings (SSSR count). The summed E-state index contributed by atoms with van der Waals surface area (Å²) in [7, 11) is 0. The molecule has 0 saturated carbocycles. The van der Waals surface area contributed by atoms with Gasteiger partial charge in [-0.25, -0.2) is 4.79 Å². The number of ether oxygens (including phenoxy) is 1. The van der Waals surface area contributed by atoms with Gasteiger partial charge >= 0.3 is 74.9 Å². The summed E-state index contributed by atoms with van der Waals surface area (Å²) in [6.07, 6.45) is -2.95. The summed E-state index contributed by atoms with van der Waals surface area (Å²) in [6, 6.07) is 0. The van der Waals surface area contributed by atoms with Gasteiger partial charge in [0.15, 0.2) is 5.76 Å². The van der Waals surface area contributed by atoms with Gasteiger partial charge in [0.1, 0.15) is 12.2 Å². The molecule has 1 aliphatic rings. The van der Waals surface area contributed by atoms with E-state index >= 15 is 0 Å². The third-order valence-corrected chi connectivity index (χ3v) is 1.46. The summed E-state index contributed by atoms with van der Waals surface area (Å²) in [5, 5.41) is 36.8. The third-order valence-electron chi connectivity index (χ3n) is 1.46. The minimum absolute atomic E-state index is 0. The maximum atomic E-state index is 10.8. The van der Waals surface area contributed by atoms with Crippen molar-refractivity contribution in [2.45, 2.75) is 12.2 Å². The van der Waals surface area contributed by atoms with Crippen molar-refractivity contribution in [1.82, 2.24) is 0 Å². The first-order valence-electron chi connectivity index (χ1n) is 3.18. The van der Waals surface area contributed by atoms with Crippen LogP contribution in [0.5, 0.6) is 0 Å². The molecule has 2 unspecified atom stereocenters. The van der Waals surface area contributed by atoms with E-state index in [-0.39, 0.29) is 68.9 Å². The minimum atomic E-state index is -1.48. The van der Waals surface area contributed by atoms with Gasteiger partial charge in [0.2, 0.25) is 0 Å². The molecule has 6 nitrogen and oxygen atoms in total. The monoisotopic (exact) mass is 308 g/mol. The molecule has 7 heteroatoms. The first-order valence-corrected chi connectivity index (χ1v) is 3.18. The van der Waals surface area contributed by atoms with E-state index < -0.39 is 36.3 Å². The number of esters is 1. The van der Waals surface area contributed by atoms with Crippen molar-refractivity contribution in [3.63, 3.8) is 0 Å². The van der Waals surface area contributed by atoms with Crippen LogP contribution < -0.4 is 74.0 Å². The van der Waals surface area contributed by atoms with Crippen LogP contribution in [0.4, 0.5) is 0 Å². The Kier molecular flexibility index (Phi) is 5.95. The molecule has 0 amide bonds. The maximum absolute atomic E-state index is 10.8. The molecule has 0 radical (unpaired) electrons. The molecule has 1 heterocycles. The Morgan fingerprint density at radius 1 is 1.62 bits per heavy atom. The Morgan fingerprint density at radius 3 is 2.46 bits per heavy atom. The largest absolute Gasteiger partial charge is 1.00 e. The van der Waals surface area contributed by atoms with Crippen LogP contribution in [0.15, 0.2) is 11.5 Å². The molecular weight excluding hydrogens is 301 g/mol. The molecule has 2 atom stereocenters. The van der Waals surface area contributed by atoms with Crippen LogP contribution in [0, 0.1) is 0 Å². The predicted molar refractivity (Wildman–Crippen MR) is 32.6 cm³/mol. The average molecular weight is 308 g/mol. The fourth-order valence-corrected chi connectivity index (χ4v) is 0.809. The number of carbonyl (C=O) groups is 1. The second-order valence-electron chi connectivity index (χ2n) is 2.29. The van der Waals surface area contributed by atoms with E-state index in [9.17, 15) is 9.90 Å². The number of aliphatic hydroxyl groups excluding tert-OH is 3. The van der Waals surface area contributed by atoms with E-state index in [1.54, 1.807) is 0 Å². The molecule has 0 aromatic heterocycles. The average Bonchev–Trinajstić information content (AvgIpc) is 2.32. The maximum Gasteiger partial charge on any atom is 1.00 e. The predicted octanol–water partition coefficient (Wildman–Crippen LogP) is -5.60. The zero-order chi connectivity index (χ0) is 9.30. The Balaban J connectivity index is 0.00000144. The van der Waals surface area contributed by atoms with Crippen LogP contribution in [0.1, 0.15) is 0 Å². The van der Waals surface area contributed by atoms with E-state index in [0.29, 0.717) is 0 Å². The van der Waals surface area contributed by atoms with Gasteiger partial charge in [-0.1, -0.05) is 0 Å². The number of hydrogen-bond donors (Lipinski definition) is 3. The summed E-state index contributed by atoms with van der Waals surface area (Å²) in [5.41, 5.74) is 0. The van der Waals surface area contributed by atoms with Crippen LogP contribution in [0.3, 0.4) is 0 Å². The van der Waals surface area contributed by atoms with Crippen molar-refractivity contribution in [3.05, 3.63) is 11.5 Å². The fraction of sp³-hybridized carbons (Fsp3) is 0.500. The quantitative estimate of drug-likeness (QED) is 0.439. The van der Waals surface area contributed by atoms with Crippen LogP contribution in [-0.2, 0) is 9.53 Å². The van der Waals surface area contributed by atoms with Gasteiger partial charge in [0.25, 0.3) is 0 Å². The molecule has 13 heavy (non-hydrogen) atoms. The summed E-state index contributed by atoms with van der Waals surface area (Å²) in [6.45, 7) is -0.711. The van der Waals surface area contributed by atoms with Crippen molar-refractivity contribution in [2.24, 2.45) is 0 Å². The Bertz CT molecular complexity index is 237. The molecular formula is C6H7CsO6. The van der Waals surface area contributed by atoms with E-state index in [1.807, 2.05) is 0 Å². The minimum Gasteiger partial charge on any atom is -0.870 e. The van der Waals surface area contributed by atoms with Crippen molar-refractivity contribution in [3.8, 4) is 0 Å². The molecule has 0 bridgehead atoms. The van der Waals surface area contributed by atoms with E-state index in [4.69, 9.17) is 15.3 Å². The van der Waals surface area contributed by atoms with Crippen molar-refractivity contribution in [1.29, 1.82) is 0 Å². The van der Waals surface area contributed by atoms with Crippen molar-refractivity contribution in [2.75, 3.05) is 6.61 Å². The summed E-state index contributed by atoms with van der Waals surface area (Å²) < 4.78 is 4.25. The van der Waals surface area contributed by atoms with Crippen LogP contribution in [0.2, 0.25) is 0 Å². The molecule has 0 aromatic carbocycles. The summed E-state index contributed by atoms with van der Waals surface area (Å²) in [4.78, 5) is 10.5. The number of carbonyl (C=O) groups excluding carboxylic acids is 1. The van der Waals surface area contributed by atoms with E-state index in [2.05, 4.69) is 4.74 Å². The Labute approximate surface area is 133 Å². The first kappa shape index (κ1) is 13.8. The summed E-state index contributed by atoms with van der Waals surface area (Å²) in [5.74, 6) is -3.20. The van der Waals surface area contributed by atoms with Gasteiger partial charge in [-0.05, 0) is 5.76 Å². The topological polar surface area (TPSA) is 110 Å². The van der Waals surface area contributed by atoms with Gasteiger partial charge in [-0.3, -0.25) is 0 Å². The molecule has 0 spiro atoms. The summed E-state index contributed by atoms with van der Waals surface area (Å²) >= 11 is 0. The first-order chi connectivity index (χ1) is 5.57. The van der Waals surface area contributed by atoms with E-state index in [0.717, 1.165) is 0 Å². The molecule has 0 aromatic rings. The van der Waals surface area contributed by atoms with Gasteiger partial charge in [-0.15, -0.1) is 0 Å². The smallest absolute Gasteiger partial charge is 0.870 e. The standard InChI is InChI=1S/C6H8O6.Cs/c7-1-2(8)5-3(9)4(10)6(11)12-5;/h2,5,7-10H,1H2;/q;+1/p-1. The molecule has 3 N–H and O–H groups in total. The zero-order valence-electron chi connectivity index (χ0n) is 6.93. The number of rotatable bonds is 2. The number of hydrogen-bond acceptors (Lipinski definition) is 6. The van der Waals surface area contributed by atoms with Crippen LogP contribution in [0.25, 0.3) is 0 Å². The van der Waals surface area contributed by atoms with Crippen molar-refractivity contribution >= 4 is 5.97 Å². The SMILES string of the molecule is O=C1OC(C(O)CO)C([O-])=C1O.[Cs+]. The van der Waals surface area contributed by atoms with Crippen LogP contribution in [-0.4, -0.2) is 40.1 Å². The van der Waals surface area contributed by atoms with Gasteiger partial charge in [-0.2, -0.15) is 0 Å². The molecule has 0 saturated heterocycles. The van der Waals surface area contributed by atoms with Gasteiger partial charge in [0.05, 0.1) is 6.61 Å². The normalized spacial score (nSPS) is 23.8. The van der Waals surface area contributed by atoms with Gasteiger partial charge in [0, 0.05) is 0 Å². The van der Waals surface area contributed by atoms with Crippen LogP contribution >= 0.6 is 0 Å². The van der Waals surface area contributed by atoms with Gasteiger partial charge < -0.3 is 25.2 Å². The third kappa shape index (κ3) is 2.86. The Morgan fingerprint density at radius 2 is 2.15 bits per heavy atom. The second kappa shape index (κ2) is 5.61. The molecule has 1 aliphatic heterocycles. The van der Waals surface area contributed by atoms with E-state index in [1.165, 1.54) is 0 Å². The van der Waals surface area contributed by atoms with Crippen molar-refractivity contribution < 1.29 is 98.9 Å². The molecule has 68 valence electrons.